The van der Waals surface area contributed by atoms with Crippen LogP contribution in [0.25, 0.3) is 0 Å². The number of carbonyl (C=O) groups is 2. The maximum absolute atomic E-state index is 13.1. The van der Waals surface area contributed by atoms with Gasteiger partial charge in [0, 0.05) is 33.8 Å². The van der Waals surface area contributed by atoms with E-state index in [-0.39, 0.29) is 17.2 Å². The highest BCUT2D eigenvalue weighted by Gasteiger charge is 2.43. The molecular formula is C21H24BrNO3. The van der Waals surface area contributed by atoms with Gasteiger partial charge in [0.2, 0.25) is 0 Å². The van der Waals surface area contributed by atoms with E-state index in [1.807, 2.05) is 31.2 Å². The van der Waals surface area contributed by atoms with Gasteiger partial charge >= 0.3 is 5.97 Å². The van der Waals surface area contributed by atoms with Gasteiger partial charge in [-0.15, -0.1) is 0 Å². The summed E-state index contributed by atoms with van der Waals surface area (Å²) in [5.41, 5.74) is 3.72. The fraction of sp³-hybridized carbons (Fsp3) is 0.429. The number of esters is 1. The number of benzene rings is 1. The molecule has 1 atom stereocenters. The normalized spacial score (nSPS) is 22.0. The van der Waals surface area contributed by atoms with E-state index in [4.69, 9.17) is 4.74 Å². The second-order valence-corrected chi connectivity index (χ2v) is 8.53. The van der Waals surface area contributed by atoms with Crippen LogP contribution >= 0.6 is 15.9 Å². The van der Waals surface area contributed by atoms with Crippen molar-refractivity contribution in [2.75, 3.05) is 6.61 Å². The van der Waals surface area contributed by atoms with E-state index in [1.54, 1.807) is 6.92 Å². The maximum Gasteiger partial charge on any atom is 0.336 e. The molecule has 0 amide bonds. The average Bonchev–Trinajstić information content (AvgIpc) is 2.53. The van der Waals surface area contributed by atoms with Crippen LogP contribution in [0.4, 0.5) is 0 Å². The lowest BCUT2D eigenvalue weighted by molar-refractivity contribution is -0.138. The molecule has 0 bridgehead atoms. The van der Waals surface area contributed by atoms with E-state index < -0.39 is 5.92 Å². The van der Waals surface area contributed by atoms with E-state index in [9.17, 15) is 9.59 Å². The Hall–Kier alpha value is -1.88. The third-order valence-electron chi connectivity index (χ3n) is 4.95. The lowest BCUT2D eigenvalue weighted by Gasteiger charge is -2.39. The first-order valence-electron chi connectivity index (χ1n) is 8.90. The van der Waals surface area contributed by atoms with Gasteiger partial charge in [0.05, 0.1) is 12.2 Å². The smallest absolute Gasteiger partial charge is 0.336 e. The number of nitrogens with one attached hydrogen (secondary N) is 1. The van der Waals surface area contributed by atoms with Crippen LogP contribution in [0.2, 0.25) is 0 Å². The summed E-state index contributed by atoms with van der Waals surface area (Å²) >= 11 is 3.60. The Bertz CT molecular complexity index is 835. The van der Waals surface area contributed by atoms with Crippen molar-refractivity contribution in [3.05, 3.63) is 56.8 Å². The average molecular weight is 418 g/mol. The number of hydrogen-bond acceptors (Lipinski definition) is 4. The molecule has 0 fully saturated rings. The topological polar surface area (TPSA) is 55.4 Å². The third-order valence-corrected chi connectivity index (χ3v) is 5.67. The van der Waals surface area contributed by atoms with Crippen LogP contribution in [0.3, 0.4) is 0 Å². The molecule has 0 aromatic heterocycles. The minimum absolute atomic E-state index is 0.0941. The van der Waals surface area contributed by atoms with Gasteiger partial charge in [-0.2, -0.15) is 0 Å². The Balaban J connectivity index is 2.21. The molecule has 26 heavy (non-hydrogen) atoms. The van der Waals surface area contributed by atoms with Gasteiger partial charge in [0.25, 0.3) is 0 Å². The number of carbonyl (C=O) groups excluding carboxylic acids is 2. The standard InChI is InChI=1S/C21H24BrNO3/c1-5-26-20(25)17-12(2)23-15-10-21(3,4)11-16(24)19(15)18(17)13-8-6-7-9-14(13)22/h6-9,18,23H,5,10-11H2,1-4H3/t18-/m0/s1. The number of ether oxygens (including phenoxy) is 1. The molecule has 1 heterocycles. The summed E-state index contributed by atoms with van der Waals surface area (Å²) in [6.07, 6.45) is 1.26. The summed E-state index contributed by atoms with van der Waals surface area (Å²) < 4.78 is 6.19. The molecule has 1 aromatic carbocycles. The first kappa shape index (κ1) is 18.9. The summed E-state index contributed by atoms with van der Waals surface area (Å²) in [5.74, 6) is -0.689. The van der Waals surface area contributed by atoms with Gasteiger partial charge in [-0.1, -0.05) is 48.0 Å². The highest BCUT2D eigenvalue weighted by molar-refractivity contribution is 9.10. The van der Waals surface area contributed by atoms with Crippen LogP contribution in [-0.2, 0) is 14.3 Å². The molecule has 0 saturated heterocycles. The lowest BCUT2D eigenvalue weighted by atomic mass is 9.68. The van der Waals surface area contributed by atoms with Crippen molar-refractivity contribution in [3.63, 3.8) is 0 Å². The monoisotopic (exact) mass is 417 g/mol. The molecular weight excluding hydrogens is 394 g/mol. The molecule has 3 rings (SSSR count). The fourth-order valence-corrected chi connectivity index (χ4v) is 4.45. The summed E-state index contributed by atoms with van der Waals surface area (Å²) in [6.45, 7) is 8.17. The van der Waals surface area contributed by atoms with Crippen molar-refractivity contribution in [2.45, 2.75) is 46.5 Å². The van der Waals surface area contributed by atoms with Gasteiger partial charge in [-0.05, 0) is 37.3 Å². The molecule has 0 radical (unpaired) electrons. The zero-order valence-corrected chi connectivity index (χ0v) is 17.2. The molecule has 0 spiro atoms. The molecule has 4 nitrogen and oxygen atoms in total. The van der Waals surface area contributed by atoms with Crippen LogP contribution in [-0.4, -0.2) is 18.4 Å². The number of hydrogen-bond donors (Lipinski definition) is 1. The first-order valence-corrected chi connectivity index (χ1v) is 9.70. The summed E-state index contributed by atoms with van der Waals surface area (Å²) in [4.78, 5) is 25.8. The van der Waals surface area contributed by atoms with Gasteiger partial charge in [-0.25, -0.2) is 4.79 Å². The Labute approximate surface area is 162 Å². The lowest BCUT2D eigenvalue weighted by Crippen LogP contribution is -2.38. The molecule has 1 N–H and O–H groups in total. The van der Waals surface area contributed by atoms with Gasteiger partial charge in [0.15, 0.2) is 5.78 Å². The number of rotatable bonds is 3. The van der Waals surface area contributed by atoms with Crippen molar-refractivity contribution in [1.29, 1.82) is 0 Å². The third kappa shape index (κ3) is 3.37. The first-order chi connectivity index (χ1) is 12.2. The SMILES string of the molecule is CCOC(=O)C1=C(C)NC2=C(C(=O)CC(C)(C)C2)[C@H]1c1ccccc1Br. The fourth-order valence-electron chi connectivity index (χ4n) is 3.94. The number of allylic oxidation sites excluding steroid dienone is 3. The molecule has 0 saturated carbocycles. The van der Waals surface area contributed by atoms with Crippen LogP contribution in [0, 0.1) is 5.41 Å². The number of ketones is 1. The molecule has 5 heteroatoms. The Morgan fingerprint density at radius 3 is 2.65 bits per heavy atom. The molecule has 2 aliphatic rings. The predicted octanol–water partition coefficient (Wildman–Crippen LogP) is 4.62. The van der Waals surface area contributed by atoms with Gasteiger partial charge < -0.3 is 10.1 Å². The minimum atomic E-state index is -0.413. The number of halogens is 1. The number of dihydropyridines is 1. The summed E-state index contributed by atoms with van der Waals surface area (Å²) in [6, 6.07) is 7.76. The van der Waals surface area contributed by atoms with Crippen molar-refractivity contribution in [2.24, 2.45) is 5.41 Å². The summed E-state index contributed by atoms with van der Waals surface area (Å²) in [7, 11) is 0. The highest BCUT2D eigenvalue weighted by atomic mass is 79.9. The van der Waals surface area contributed by atoms with E-state index in [2.05, 4.69) is 35.1 Å². The van der Waals surface area contributed by atoms with Crippen LogP contribution in [0.15, 0.2) is 51.3 Å². The van der Waals surface area contributed by atoms with Crippen molar-refractivity contribution >= 4 is 27.7 Å². The van der Waals surface area contributed by atoms with E-state index in [0.29, 0.717) is 24.2 Å². The predicted molar refractivity (Wildman–Crippen MR) is 104 cm³/mol. The second-order valence-electron chi connectivity index (χ2n) is 7.67. The zero-order chi connectivity index (χ0) is 19.1. The largest absolute Gasteiger partial charge is 0.463 e. The molecule has 1 aromatic rings. The highest BCUT2D eigenvalue weighted by Crippen LogP contribution is 2.47. The van der Waals surface area contributed by atoms with Crippen LogP contribution in [0.5, 0.6) is 0 Å². The maximum atomic E-state index is 13.1. The van der Waals surface area contributed by atoms with Crippen LogP contribution < -0.4 is 5.32 Å². The van der Waals surface area contributed by atoms with Gasteiger partial charge in [0.1, 0.15) is 0 Å². The van der Waals surface area contributed by atoms with Crippen molar-refractivity contribution in [3.8, 4) is 0 Å². The second kappa shape index (κ2) is 7.03. The quantitative estimate of drug-likeness (QED) is 0.729. The van der Waals surface area contributed by atoms with Crippen LogP contribution in [0.1, 0.15) is 52.0 Å². The van der Waals surface area contributed by atoms with Gasteiger partial charge in [-0.3, -0.25) is 4.79 Å². The minimum Gasteiger partial charge on any atom is -0.463 e. The number of Topliss-reactive ketones (excluding diaryl/α,β-unsaturated/α-hetero) is 1. The molecule has 138 valence electrons. The Morgan fingerprint density at radius 1 is 1.31 bits per heavy atom. The Kier molecular flexibility index (Phi) is 5.11. The molecule has 1 aliphatic carbocycles. The van der Waals surface area contributed by atoms with Crippen molar-refractivity contribution in [1.82, 2.24) is 5.32 Å². The molecule has 1 aliphatic heterocycles. The molecule has 0 unspecified atom stereocenters. The van der Waals surface area contributed by atoms with Crippen molar-refractivity contribution < 1.29 is 14.3 Å². The zero-order valence-electron chi connectivity index (χ0n) is 15.6. The summed E-state index contributed by atoms with van der Waals surface area (Å²) in [5, 5.41) is 3.34. The van der Waals surface area contributed by atoms with E-state index >= 15 is 0 Å². The van der Waals surface area contributed by atoms with E-state index in [0.717, 1.165) is 27.9 Å². The van der Waals surface area contributed by atoms with E-state index in [1.165, 1.54) is 0 Å². The Morgan fingerprint density at radius 2 is 2.00 bits per heavy atom.